The molecule has 2 aromatic rings. The Hall–Kier alpha value is -2.46. The van der Waals surface area contributed by atoms with Crippen molar-refractivity contribution in [2.75, 3.05) is 0 Å². The number of fused-ring (bicyclic) bond motifs is 4. The molecule has 2 atom stereocenters. The first kappa shape index (κ1) is 11.4. The van der Waals surface area contributed by atoms with E-state index >= 15 is 0 Å². The van der Waals surface area contributed by atoms with Crippen LogP contribution in [0.3, 0.4) is 0 Å². The minimum atomic E-state index is -1.89. The van der Waals surface area contributed by atoms with Crippen molar-refractivity contribution in [1.82, 2.24) is 0 Å². The lowest BCUT2D eigenvalue weighted by Gasteiger charge is -2.34. The van der Waals surface area contributed by atoms with Gasteiger partial charge in [-0.05, 0) is 12.1 Å². The minimum absolute atomic E-state index is 0.306. The molecule has 0 spiro atoms. The Labute approximate surface area is 114 Å². The van der Waals surface area contributed by atoms with Gasteiger partial charge in [-0.2, -0.15) is 0 Å². The minimum Gasteiger partial charge on any atom is -0.456 e. The smallest absolute Gasteiger partial charge is 0.253 e. The Bertz CT molecular complexity index is 765. The van der Waals surface area contributed by atoms with E-state index in [4.69, 9.17) is 4.74 Å². The van der Waals surface area contributed by atoms with Gasteiger partial charge in [0.25, 0.3) is 5.79 Å². The second kappa shape index (κ2) is 3.55. The molecule has 0 amide bonds. The maximum absolute atomic E-state index is 12.5. The number of carbonyl (C=O) groups is 2. The zero-order valence-corrected chi connectivity index (χ0v) is 10.4. The summed E-state index contributed by atoms with van der Waals surface area (Å²) in [6.07, 6.45) is 0. The quantitative estimate of drug-likeness (QED) is 0.740. The van der Waals surface area contributed by atoms with Gasteiger partial charge < -0.3 is 9.84 Å². The van der Waals surface area contributed by atoms with Crippen LogP contribution >= 0.6 is 0 Å². The summed E-state index contributed by atoms with van der Waals surface area (Å²) in [5, 5.41) is 10.8. The summed E-state index contributed by atoms with van der Waals surface area (Å²) in [5.74, 6) is -3.58. The van der Waals surface area contributed by atoms with Gasteiger partial charge in [-0.1, -0.05) is 36.4 Å². The molecule has 1 aliphatic heterocycles. The van der Waals surface area contributed by atoms with E-state index in [0.717, 1.165) is 0 Å². The van der Waals surface area contributed by atoms with Crippen LogP contribution in [-0.4, -0.2) is 16.7 Å². The highest BCUT2D eigenvalue weighted by atomic mass is 16.6. The van der Waals surface area contributed by atoms with Crippen molar-refractivity contribution in [3.05, 3.63) is 65.2 Å². The number of ketones is 2. The molecular formula is C16H10O4. The van der Waals surface area contributed by atoms with Crippen molar-refractivity contribution >= 4 is 11.6 Å². The van der Waals surface area contributed by atoms with Gasteiger partial charge in [0.15, 0.2) is 17.5 Å². The summed E-state index contributed by atoms with van der Waals surface area (Å²) < 4.78 is 5.62. The zero-order chi connectivity index (χ0) is 13.9. The molecule has 4 heteroatoms. The summed E-state index contributed by atoms with van der Waals surface area (Å²) in [4.78, 5) is 24.9. The molecule has 0 fully saturated rings. The predicted octanol–water partition coefficient (Wildman–Crippen LogP) is 1.92. The monoisotopic (exact) mass is 266 g/mol. The number of ether oxygens (including phenoxy) is 1. The summed E-state index contributed by atoms with van der Waals surface area (Å²) in [6.45, 7) is 0. The van der Waals surface area contributed by atoms with Crippen LogP contribution in [0.1, 0.15) is 26.3 Å². The molecule has 4 rings (SSSR count). The molecule has 1 aliphatic carbocycles. The van der Waals surface area contributed by atoms with Crippen LogP contribution in [0.2, 0.25) is 0 Å². The highest BCUT2D eigenvalue weighted by Crippen LogP contribution is 2.48. The number of rotatable bonds is 0. The number of hydrogen-bond donors (Lipinski definition) is 1. The first-order valence-corrected chi connectivity index (χ1v) is 6.31. The lowest BCUT2D eigenvalue weighted by Crippen LogP contribution is -2.47. The van der Waals surface area contributed by atoms with E-state index in [9.17, 15) is 14.7 Å². The third kappa shape index (κ3) is 1.19. The van der Waals surface area contributed by atoms with E-state index in [2.05, 4.69) is 0 Å². The highest BCUT2D eigenvalue weighted by molar-refractivity contribution is 6.21. The highest BCUT2D eigenvalue weighted by Gasteiger charge is 2.59. The Kier molecular flexibility index (Phi) is 2.02. The number of para-hydroxylation sites is 1. The Balaban J connectivity index is 2.00. The van der Waals surface area contributed by atoms with Crippen LogP contribution in [0.4, 0.5) is 0 Å². The summed E-state index contributed by atoms with van der Waals surface area (Å²) in [5.41, 5.74) is 1.04. The number of carbonyl (C=O) groups excluding carboxylic acids is 2. The zero-order valence-electron chi connectivity index (χ0n) is 10.4. The Morgan fingerprint density at radius 1 is 0.900 bits per heavy atom. The molecule has 1 N–H and O–H groups in total. The molecule has 4 nitrogen and oxygen atoms in total. The van der Waals surface area contributed by atoms with Crippen molar-refractivity contribution in [3.8, 4) is 5.75 Å². The van der Waals surface area contributed by atoms with Gasteiger partial charge in [0.1, 0.15) is 5.75 Å². The molecule has 0 saturated carbocycles. The maximum atomic E-state index is 12.5. The normalized spacial score (nSPS) is 26.6. The van der Waals surface area contributed by atoms with E-state index in [-0.39, 0.29) is 5.78 Å². The summed E-state index contributed by atoms with van der Waals surface area (Å²) >= 11 is 0. The van der Waals surface area contributed by atoms with E-state index < -0.39 is 17.5 Å². The Morgan fingerprint density at radius 3 is 2.30 bits per heavy atom. The number of aliphatic hydroxyl groups is 1. The SMILES string of the molecule is O=C1c2ccccc2OC2(O)c3ccccc3C(=O)C12. The number of Topliss-reactive ketones (excluding diaryl/α,β-unsaturated/α-hetero) is 2. The number of hydrogen-bond acceptors (Lipinski definition) is 4. The van der Waals surface area contributed by atoms with Gasteiger partial charge in [0, 0.05) is 11.1 Å². The van der Waals surface area contributed by atoms with Gasteiger partial charge in [-0.3, -0.25) is 9.59 Å². The third-order valence-corrected chi connectivity index (χ3v) is 3.91. The second-order valence-corrected chi connectivity index (χ2v) is 5.00. The van der Waals surface area contributed by atoms with Crippen molar-refractivity contribution in [2.24, 2.45) is 5.92 Å². The molecule has 1 heterocycles. The van der Waals surface area contributed by atoms with Crippen molar-refractivity contribution < 1.29 is 19.4 Å². The predicted molar refractivity (Wildman–Crippen MR) is 69.6 cm³/mol. The van der Waals surface area contributed by atoms with Crippen molar-refractivity contribution in [2.45, 2.75) is 5.79 Å². The second-order valence-electron chi connectivity index (χ2n) is 5.00. The fraction of sp³-hybridized carbons (Fsp3) is 0.125. The molecule has 0 bridgehead atoms. The fourth-order valence-electron chi connectivity index (χ4n) is 2.99. The lowest BCUT2D eigenvalue weighted by atomic mass is 9.86. The standard InChI is InChI=1S/C16H10O4/c17-14-9-5-1-3-7-11(9)16(19)13(14)15(18)10-6-2-4-8-12(10)20-16/h1-8,13,19H. The molecule has 2 unspecified atom stereocenters. The molecule has 20 heavy (non-hydrogen) atoms. The summed E-state index contributed by atoms with van der Waals surface area (Å²) in [7, 11) is 0. The first-order valence-electron chi connectivity index (χ1n) is 6.31. The van der Waals surface area contributed by atoms with Gasteiger partial charge >= 0.3 is 0 Å². The van der Waals surface area contributed by atoms with E-state index in [0.29, 0.717) is 22.4 Å². The molecule has 0 saturated heterocycles. The molecule has 0 radical (unpaired) electrons. The van der Waals surface area contributed by atoms with Crippen LogP contribution in [0, 0.1) is 5.92 Å². The van der Waals surface area contributed by atoms with Gasteiger partial charge in [0.2, 0.25) is 0 Å². The van der Waals surface area contributed by atoms with E-state index in [1.54, 1.807) is 48.5 Å². The van der Waals surface area contributed by atoms with Crippen molar-refractivity contribution in [1.29, 1.82) is 0 Å². The molecule has 2 aliphatic rings. The lowest BCUT2D eigenvalue weighted by molar-refractivity contribution is -0.163. The molecule has 0 aromatic heterocycles. The van der Waals surface area contributed by atoms with E-state index in [1.807, 2.05) is 0 Å². The largest absolute Gasteiger partial charge is 0.456 e. The van der Waals surface area contributed by atoms with E-state index in [1.165, 1.54) is 0 Å². The van der Waals surface area contributed by atoms with Gasteiger partial charge in [0.05, 0.1) is 5.56 Å². The maximum Gasteiger partial charge on any atom is 0.253 e. The average molecular weight is 266 g/mol. The van der Waals surface area contributed by atoms with Crippen LogP contribution in [0.25, 0.3) is 0 Å². The topological polar surface area (TPSA) is 63.6 Å². The Morgan fingerprint density at radius 2 is 1.50 bits per heavy atom. The first-order chi connectivity index (χ1) is 9.63. The molecule has 98 valence electrons. The van der Waals surface area contributed by atoms with Crippen LogP contribution < -0.4 is 4.74 Å². The van der Waals surface area contributed by atoms with Crippen LogP contribution in [0.15, 0.2) is 48.5 Å². The van der Waals surface area contributed by atoms with Gasteiger partial charge in [-0.25, -0.2) is 0 Å². The fourth-order valence-corrected chi connectivity index (χ4v) is 2.99. The third-order valence-electron chi connectivity index (χ3n) is 3.91. The molecule has 2 aromatic carbocycles. The average Bonchev–Trinajstić information content (AvgIpc) is 2.69. The number of benzene rings is 2. The van der Waals surface area contributed by atoms with Gasteiger partial charge in [-0.15, -0.1) is 0 Å². The van der Waals surface area contributed by atoms with Crippen LogP contribution in [0.5, 0.6) is 5.75 Å². The molecular weight excluding hydrogens is 256 g/mol. The van der Waals surface area contributed by atoms with Crippen LogP contribution in [-0.2, 0) is 5.79 Å². The van der Waals surface area contributed by atoms with Crippen molar-refractivity contribution in [3.63, 3.8) is 0 Å². The summed E-state index contributed by atoms with van der Waals surface area (Å²) in [6, 6.07) is 13.3.